The summed E-state index contributed by atoms with van der Waals surface area (Å²) in [5.41, 5.74) is 0.0699. The van der Waals surface area contributed by atoms with Gasteiger partial charge in [0.25, 0.3) is 0 Å². The van der Waals surface area contributed by atoms with Gasteiger partial charge in [0, 0.05) is 6.20 Å². The predicted octanol–water partition coefficient (Wildman–Crippen LogP) is 3.12. The monoisotopic (exact) mass is 315 g/mol. The molecule has 0 aliphatic rings. The Morgan fingerprint density at radius 3 is 2.71 bits per heavy atom. The van der Waals surface area contributed by atoms with E-state index >= 15 is 0 Å². The van der Waals surface area contributed by atoms with Crippen molar-refractivity contribution in [3.8, 4) is 0 Å². The first-order chi connectivity index (χ1) is 9.84. The lowest BCUT2D eigenvalue weighted by Crippen LogP contribution is -2.52. The molecule has 0 bridgehead atoms. The van der Waals surface area contributed by atoms with Crippen LogP contribution in [0.3, 0.4) is 0 Å². The molecule has 0 fully saturated rings. The quantitative estimate of drug-likeness (QED) is 0.749. The van der Waals surface area contributed by atoms with Crippen LogP contribution in [0.4, 0.5) is 0 Å². The highest BCUT2D eigenvalue weighted by Gasteiger charge is 2.36. The molecule has 0 amide bonds. The van der Waals surface area contributed by atoms with Gasteiger partial charge >= 0.3 is 5.97 Å². The van der Waals surface area contributed by atoms with Gasteiger partial charge in [0.2, 0.25) is 0 Å². The average Bonchev–Trinajstić information content (AvgIpc) is 2.77. The minimum absolute atomic E-state index is 0.0370. The van der Waals surface area contributed by atoms with Gasteiger partial charge in [0.1, 0.15) is 5.54 Å². The molecule has 120 valence electrons. The van der Waals surface area contributed by atoms with Crippen LogP contribution in [-0.2, 0) is 9.53 Å². The molecule has 1 heterocycles. The van der Waals surface area contributed by atoms with E-state index in [-0.39, 0.29) is 12.0 Å². The topological polar surface area (TPSA) is 56.2 Å². The molecule has 0 aromatic carbocycles. The lowest BCUT2D eigenvalue weighted by atomic mass is 9.93. The third-order valence-corrected chi connectivity index (χ3v) is 3.87. The fourth-order valence-electron chi connectivity index (χ4n) is 2.29. The van der Waals surface area contributed by atoms with E-state index in [4.69, 9.17) is 16.3 Å². The largest absolute Gasteiger partial charge is 0.465 e. The van der Waals surface area contributed by atoms with Crippen LogP contribution in [0, 0.1) is 6.92 Å². The molecular weight excluding hydrogens is 290 g/mol. The van der Waals surface area contributed by atoms with Crippen LogP contribution >= 0.6 is 11.6 Å². The minimum Gasteiger partial charge on any atom is -0.465 e. The Balaban J connectivity index is 2.86. The molecule has 2 unspecified atom stereocenters. The van der Waals surface area contributed by atoms with Crippen molar-refractivity contribution in [2.75, 3.05) is 13.2 Å². The van der Waals surface area contributed by atoms with E-state index in [9.17, 15) is 4.79 Å². The summed E-state index contributed by atoms with van der Waals surface area (Å²) in [5, 5.41) is 8.33. The van der Waals surface area contributed by atoms with Crippen LogP contribution in [0.1, 0.15) is 52.3 Å². The summed E-state index contributed by atoms with van der Waals surface area (Å²) in [6, 6.07) is 0.0370. The van der Waals surface area contributed by atoms with Gasteiger partial charge < -0.3 is 10.1 Å². The van der Waals surface area contributed by atoms with Crippen molar-refractivity contribution in [2.24, 2.45) is 0 Å². The molecule has 5 nitrogen and oxygen atoms in total. The van der Waals surface area contributed by atoms with Gasteiger partial charge in [-0.2, -0.15) is 5.10 Å². The number of nitrogens with one attached hydrogen (secondary N) is 1. The Morgan fingerprint density at radius 1 is 1.57 bits per heavy atom. The molecule has 6 heteroatoms. The molecule has 0 saturated carbocycles. The molecule has 2 atom stereocenters. The van der Waals surface area contributed by atoms with E-state index in [1.165, 1.54) is 0 Å². The zero-order chi connectivity index (χ0) is 16.0. The van der Waals surface area contributed by atoms with Gasteiger partial charge in [-0.3, -0.25) is 9.48 Å². The second kappa shape index (κ2) is 7.80. The van der Waals surface area contributed by atoms with Crippen LogP contribution in [-0.4, -0.2) is 34.4 Å². The molecular formula is C15H26ClN3O2. The summed E-state index contributed by atoms with van der Waals surface area (Å²) in [5.74, 6) is -0.222. The number of nitrogens with zero attached hydrogens (tertiary/aromatic N) is 2. The molecule has 0 aliphatic heterocycles. The maximum Gasteiger partial charge on any atom is 0.326 e. The summed E-state index contributed by atoms with van der Waals surface area (Å²) in [4.78, 5) is 12.3. The SMILES string of the molecule is CCCNC(C)(CC(C)n1cc(Cl)c(C)n1)C(=O)OCC. The molecule has 1 aromatic heterocycles. The van der Waals surface area contributed by atoms with Crippen LogP contribution in [0.5, 0.6) is 0 Å². The van der Waals surface area contributed by atoms with Gasteiger partial charge in [-0.15, -0.1) is 0 Å². The summed E-state index contributed by atoms with van der Waals surface area (Å²) in [7, 11) is 0. The fourth-order valence-corrected chi connectivity index (χ4v) is 2.43. The first-order valence-corrected chi connectivity index (χ1v) is 7.85. The average molecular weight is 316 g/mol. The van der Waals surface area contributed by atoms with E-state index in [0.29, 0.717) is 18.1 Å². The first-order valence-electron chi connectivity index (χ1n) is 7.47. The number of aromatic nitrogens is 2. The van der Waals surface area contributed by atoms with Crippen molar-refractivity contribution >= 4 is 17.6 Å². The second-order valence-electron chi connectivity index (χ2n) is 5.57. The smallest absolute Gasteiger partial charge is 0.326 e. The number of hydrogen-bond donors (Lipinski definition) is 1. The molecule has 0 radical (unpaired) electrons. The molecule has 0 spiro atoms. The van der Waals surface area contributed by atoms with Gasteiger partial charge in [-0.25, -0.2) is 0 Å². The third-order valence-electron chi connectivity index (χ3n) is 3.50. The van der Waals surface area contributed by atoms with E-state index < -0.39 is 5.54 Å². The Kier molecular flexibility index (Phi) is 6.68. The summed E-state index contributed by atoms with van der Waals surface area (Å²) < 4.78 is 7.02. The van der Waals surface area contributed by atoms with Gasteiger partial charge in [-0.05, 0) is 47.1 Å². The lowest BCUT2D eigenvalue weighted by Gasteiger charge is -2.31. The zero-order valence-corrected chi connectivity index (χ0v) is 14.3. The lowest BCUT2D eigenvalue weighted by molar-refractivity contribution is -0.151. The fraction of sp³-hybridized carbons (Fsp3) is 0.733. The number of esters is 1. The number of hydrogen-bond acceptors (Lipinski definition) is 4. The van der Waals surface area contributed by atoms with E-state index in [1.54, 1.807) is 6.20 Å². The van der Waals surface area contributed by atoms with Crippen LogP contribution in [0.25, 0.3) is 0 Å². The maximum absolute atomic E-state index is 12.3. The van der Waals surface area contributed by atoms with Crippen LogP contribution < -0.4 is 5.32 Å². The van der Waals surface area contributed by atoms with Crippen molar-refractivity contribution in [3.05, 3.63) is 16.9 Å². The van der Waals surface area contributed by atoms with Crippen molar-refractivity contribution < 1.29 is 9.53 Å². The third kappa shape index (κ3) is 4.71. The van der Waals surface area contributed by atoms with Gasteiger partial charge in [0.05, 0.1) is 23.4 Å². The van der Waals surface area contributed by atoms with Crippen LogP contribution in [0.15, 0.2) is 6.20 Å². The normalized spacial score (nSPS) is 15.5. The van der Waals surface area contributed by atoms with E-state index in [0.717, 1.165) is 18.7 Å². The highest BCUT2D eigenvalue weighted by Crippen LogP contribution is 2.24. The van der Waals surface area contributed by atoms with E-state index in [2.05, 4.69) is 17.3 Å². The van der Waals surface area contributed by atoms with E-state index in [1.807, 2.05) is 32.4 Å². The molecule has 0 aliphatic carbocycles. The highest BCUT2D eigenvalue weighted by molar-refractivity contribution is 6.31. The number of aryl methyl sites for hydroxylation is 1. The second-order valence-corrected chi connectivity index (χ2v) is 5.98. The van der Waals surface area contributed by atoms with Crippen LogP contribution in [0.2, 0.25) is 5.02 Å². The van der Waals surface area contributed by atoms with Crippen molar-refractivity contribution in [2.45, 2.75) is 59.0 Å². The van der Waals surface area contributed by atoms with Gasteiger partial charge in [0.15, 0.2) is 0 Å². The maximum atomic E-state index is 12.3. The molecule has 1 N–H and O–H groups in total. The number of carbonyl (C=O) groups excluding carboxylic acids is 1. The van der Waals surface area contributed by atoms with Gasteiger partial charge in [-0.1, -0.05) is 18.5 Å². The molecule has 21 heavy (non-hydrogen) atoms. The Bertz CT molecular complexity index is 456. The summed E-state index contributed by atoms with van der Waals surface area (Å²) in [6.07, 6.45) is 3.34. The highest BCUT2D eigenvalue weighted by atomic mass is 35.5. The number of carbonyl (C=O) groups is 1. The first kappa shape index (κ1) is 18.0. The summed E-state index contributed by atoms with van der Waals surface area (Å²) in [6.45, 7) is 10.8. The molecule has 1 rings (SSSR count). The Morgan fingerprint density at radius 2 is 2.24 bits per heavy atom. The van der Waals surface area contributed by atoms with Crippen molar-refractivity contribution in [1.29, 1.82) is 0 Å². The van der Waals surface area contributed by atoms with Crippen molar-refractivity contribution in [3.63, 3.8) is 0 Å². The Hall–Kier alpha value is -1.07. The number of rotatable bonds is 8. The predicted molar refractivity (Wildman–Crippen MR) is 84.6 cm³/mol. The van der Waals surface area contributed by atoms with Crippen molar-refractivity contribution in [1.82, 2.24) is 15.1 Å². The summed E-state index contributed by atoms with van der Waals surface area (Å²) >= 11 is 6.05. The Labute approximate surface area is 132 Å². The number of ether oxygens (including phenoxy) is 1. The zero-order valence-electron chi connectivity index (χ0n) is 13.6. The number of halogens is 1. The molecule has 1 aromatic rings. The standard InChI is InChI=1S/C15H26ClN3O2/c1-6-8-17-15(5,14(20)21-7-2)9-11(3)19-10-13(16)12(4)18-19/h10-11,17H,6-9H2,1-5H3. The molecule has 0 saturated heterocycles. The minimum atomic E-state index is -0.724.